The van der Waals surface area contributed by atoms with Crippen molar-refractivity contribution in [3.8, 4) is 16.9 Å². The van der Waals surface area contributed by atoms with Crippen molar-refractivity contribution in [1.82, 2.24) is 9.78 Å². The van der Waals surface area contributed by atoms with Crippen LogP contribution in [0.4, 0.5) is 30.7 Å². The molecule has 0 bridgehead atoms. The van der Waals surface area contributed by atoms with Crippen LogP contribution in [0.1, 0.15) is 17.7 Å². The Balaban J connectivity index is 2.19. The maximum absolute atomic E-state index is 14.3. The molecule has 3 aromatic rings. The van der Waals surface area contributed by atoms with Crippen molar-refractivity contribution < 1.29 is 39.2 Å². The SMILES string of the molecule is CS(=O)(=O)c1c(F)cc(-c2cc(C(F)F)nn2-c2ccc(C(F)(F)F)cc2)cc1F. The minimum Gasteiger partial charge on any atom is -0.233 e. The zero-order chi connectivity index (χ0) is 22.4. The van der Waals surface area contributed by atoms with Gasteiger partial charge in [-0.2, -0.15) is 18.3 Å². The summed E-state index contributed by atoms with van der Waals surface area (Å²) in [6.07, 6.45) is -7.12. The lowest BCUT2D eigenvalue weighted by molar-refractivity contribution is -0.137. The molecular weight excluding hydrogens is 441 g/mol. The van der Waals surface area contributed by atoms with Gasteiger partial charge in [-0.15, -0.1) is 0 Å². The van der Waals surface area contributed by atoms with Crippen molar-refractivity contribution in [2.24, 2.45) is 0 Å². The highest BCUT2D eigenvalue weighted by Crippen LogP contribution is 2.33. The molecule has 0 saturated heterocycles. The fraction of sp³-hybridized carbons (Fsp3) is 0.167. The van der Waals surface area contributed by atoms with E-state index in [4.69, 9.17) is 0 Å². The van der Waals surface area contributed by atoms with Gasteiger partial charge in [0.2, 0.25) is 0 Å². The minimum atomic E-state index is -4.63. The summed E-state index contributed by atoms with van der Waals surface area (Å²) in [4.78, 5) is -1.19. The maximum Gasteiger partial charge on any atom is 0.416 e. The molecule has 0 amide bonds. The molecule has 0 unspecified atom stereocenters. The normalized spacial score (nSPS) is 12.6. The molecule has 160 valence electrons. The van der Waals surface area contributed by atoms with E-state index in [1.807, 2.05) is 0 Å². The first kappa shape index (κ1) is 21.8. The van der Waals surface area contributed by atoms with Gasteiger partial charge in [0.1, 0.15) is 22.2 Å². The highest BCUT2D eigenvalue weighted by Gasteiger charge is 2.30. The molecule has 1 heterocycles. The Hall–Kier alpha value is -2.89. The largest absolute Gasteiger partial charge is 0.416 e. The van der Waals surface area contributed by atoms with Crippen LogP contribution in [0.2, 0.25) is 0 Å². The average Bonchev–Trinajstić information content (AvgIpc) is 3.05. The molecule has 30 heavy (non-hydrogen) atoms. The molecule has 4 nitrogen and oxygen atoms in total. The number of hydrogen-bond acceptors (Lipinski definition) is 3. The summed E-state index contributed by atoms with van der Waals surface area (Å²) in [6.45, 7) is 0. The van der Waals surface area contributed by atoms with Gasteiger partial charge in [0.05, 0.1) is 16.9 Å². The van der Waals surface area contributed by atoms with Gasteiger partial charge in [-0.25, -0.2) is 30.7 Å². The lowest BCUT2D eigenvalue weighted by Gasteiger charge is -2.11. The molecule has 0 saturated carbocycles. The summed E-state index contributed by atoms with van der Waals surface area (Å²) in [7, 11) is -4.25. The van der Waals surface area contributed by atoms with Crippen molar-refractivity contribution in [3.05, 3.63) is 65.4 Å². The number of sulfone groups is 1. The van der Waals surface area contributed by atoms with Gasteiger partial charge in [-0.05, 0) is 42.5 Å². The van der Waals surface area contributed by atoms with Crippen LogP contribution >= 0.6 is 0 Å². The molecule has 0 aliphatic heterocycles. The van der Waals surface area contributed by atoms with Crippen molar-refractivity contribution >= 4 is 9.84 Å². The maximum atomic E-state index is 14.3. The molecule has 2 aromatic carbocycles. The quantitative estimate of drug-likeness (QED) is 0.513. The van der Waals surface area contributed by atoms with Crippen LogP contribution in [0.15, 0.2) is 47.4 Å². The number of hydrogen-bond donors (Lipinski definition) is 0. The second kappa shape index (κ2) is 7.42. The van der Waals surface area contributed by atoms with Crippen molar-refractivity contribution in [2.75, 3.05) is 6.26 Å². The number of alkyl halides is 5. The molecule has 3 rings (SSSR count). The number of nitrogens with zero attached hydrogens (tertiary/aromatic N) is 2. The standard InChI is InChI=1S/C18H11F7N2O2S/c1-30(28,29)16-12(19)6-9(7-13(16)20)15-8-14(17(21)22)26-27(15)11-4-2-10(3-5-11)18(23,24)25/h2-8,17H,1H3. The van der Waals surface area contributed by atoms with Crippen LogP contribution in [0.5, 0.6) is 0 Å². The van der Waals surface area contributed by atoms with Crippen molar-refractivity contribution in [1.29, 1.82) is 0 Å². The van der Waals surface area contributed by atoms with E-state index in [2.05, 4.69) is 5.10 Å². The molecule has 0 fully saturated rings. The number of halogens is 7. The molecule has 0 atom stereocenters. The van der Waals surface area contributed by atoms with Crippen LogP contribution < -0.4 is 0 Å². The third kappa shape index (κ3) is 4.18. The summed E-state index contributed by atoms with van der Waals surface area (Å²) in [6, 6.07) is 5.32. The van der Waals surface area contributed by atoms with Gasteiger partial charge in [0.15, 0.2) is 9.84 Å². The van der Waals surface area contributed by atoms with Gasteiger partial charge in [-0.1, -0.05) is 0 Å². The fourth-order valence-corrected chi connectivity index (χ4v) is 3.59. The van der Waals surface area contributed by atoms with Crippen LogP contribution in [0.3, 0.4) is 0 Å². The predicted octanol–water partition coefficient (Wildman–Crippen LogP) is 5.18. The Morgan fingerprint density at radius 2 is 1.50 bits per heavy atom. The van der Waals surface area contributed by atoms with Gasteiger partial charge >= 0.3 is 6.18 Å². The molecule has 1 aromatic heterocycles. The smallest absolute Gasteiger partial charge is 0.233 e. The van der Waals surface area contributed by atoms with Gasteiger partial charge < -0.3 is 0 Å². The summed E-state index contributed by atoms with van der Waals surface area (Å²) in [5, 5.41) is 3.60. The van der Waals surface area contributed by atoms with Crippen LogP contribution in [0, 0.1) is 11.6 Å². The van der Waals surface area contributed by atoms with Crippen molar-refractivity contribution in [3.63, 3.8) is 0 Å². The Morgan fingerprint density at radius 3 is 1.93 bits per heavy atom. The summed E-state index contributed by atoms with van der Waals surface area (Å²) in [5.41, 5.74) is -2.49. The lowest BCUT2D eigenvalue weighted by Crippen LogP contribution is -2.07. The van der Waals surface area contributed by atoms with E-state index >= 15 is 0 Å². The minimum absolute atomic E-state index is 0.0853. The Labute approximate surface area is 165 Å². The zero-order valence-electron chi connectivity index (χ0n) is 14.9. The van der Waals surface area contributed by atoms with Crippen molar-refractivity contribution in [2.45, 2.75) is 17.5 Å². The van der Waals surface area contributed by atoms with Crippen LogP contribution in [0.25, 0.3) is 16.9 Å². The third-order valence-electron chi connectivity index (χ3n) is 4.06. The lowest BCUT2D eigenvalue weighted by atomic mass is 10.1. The second-order valence-corrected chi connectivity index (χ2v) is 8.21. The van der Waals surface area contributed by atoms with E-state index in [1.165, 1.54) is 0 Å². The summed E-state index contributed by atoms with van der Waals surface area (Å²) < 4.78 is 117. The summed E-state index contributed by atoms with van der Waals surface area (Å²) >= 11 is 0. The van der Waals surface area contributed by atoms with E-state index in [-0.39, 0.29) is 16.9 Å². The molecule has 0 radical (unpaired) electrons. The molecular formula is C18H11F7N2O2S. The number of rotatable bonds is 4. The molecule has 0 spiro atoms. The monoisotopic (exact) mass is 452 g/mol. The molecule has 12 heteroatoms. The van der Waals surface area contributed by atoms with E-state index in [9.17, 15) is 39.2 Å². The first-order valence-electron chi connectivity index (χ1n) is 8.04. The number of benzene rings is 2. The van der Waals surface area contributed by atoms with E-state index < -0.39 is 50.2 Å². The second-order valence-electron chi connectivity index (χ2n) is 6.25. The van der Waals surface area contributed by atoms with E-state index in [0.29, 0.717) is 30.5 Å². The Bertz CT molecular complexity index is 1180. The first-order chi connectivity index (χ1) is 13.8. The number of aromatic nitrogens is 2. The third-order valence-corrected chi connectivity index (χ3v) is 5.19. The first-order valence-corrected chi connectivity index (χ1v) is 9.93. The predicted molar refractivity (Wildman–Crippen MR) is 92.0 cm³/mol. The van der Waals surface area contributed by atoms with E-state index in [0.717, 1.165) is 22.9 Å². The van der Waals surface area contributed by atoms with Crippen LogP contribution in [-0.4, -0.2) is 24.5 Å². The van der Waals surface area contributed by atoms with E-state index in [1.54, 1.807) is 0 Å². The Kier molecular flexibility index (Phi) is 5.39. The zero-order valence-corrected chi connectivity index (χ0v) is 15.7. The van der Waals surface area contributed by atoms with Crippen LogP contribution in [-0.2, 0) is 16.0 Å². The van der Waals surface area contributed by atoms with Gasteiger partial charge in [-0.3, -0.25) is 0 Å². The fourth-order valence-electron chi connectivity index (χ4n) is 2.76. The topological polar surface area (TPSA) is 52.0 Å². The average molecular weight is 452 g/mol. The summed E-state index contributed by atoms with van der Waals surface area (Å²) in [5.74, 6) is -2.91. The highest BCUT2D eigenvalue weighted by molar-refractivity contribution is 7.90. The Morgan fingerprint density at radius 1 is 0.967 bits per heavy atom. The highest BCUT2D eigenvalue weighted by atomic mass is 32.2. The molecule has 0 N–H and O–H groups in total. The molecule has 0 aliphatic rings. The van der Waals surface area contributed by atoms with Gasteiger partial charge in [0.25, 0.3) is 6.43 Å². The molecule has 0 aliphatic carbocycles. The van der Waals surface area contributed by atoms with Gasteiger partial charge in [0, 0.05) is 11.8 Å².